The molecule has 2 aromatic rings. The monoisotopic (exact) mass is 307 g/mol. The van der Waals surface area contributed by atoms with Crippen LogP contribution in [0.5, 0.6) is 0 Å². The number of carbonyl (C=O) groups excluding carboxylic acids is 1. The van der Waals surface area contributed by atoms with E-state index in [0.717, 1.165) is 5.69 Å². The van der Waals surface area contributed by atoms with Crippen LogP contribution < -0.4 is 16.6 Å². The average molecular weight is 308 g/mol. The third-order valence-electron chi connectivity index (χ3n) is 2.18. The van der Waals surface area contributed by atoms with Crippen molar-refractivity contribution < 1.29 is 4.79 Å². The number of rotatable bonds is 3. The minimum atomic E-state index is -0.254. The number of benzene rings is 1. The largest absolute Gasteiger partial charge is 0.324 e. The Kier molecular flexibility index (Phi) is 3.85. The van der Waals surface area contributed by atoms with Gasteiger partial charge < -0.3 is 10.7 Å². The Labute approximate surface area is 112 Å². The van der Waals surface area contributed by atoms with Crippen molar-refractivity contribution in [2.75, 3.05) is 10.7 Å². The van der Waals surface area contributed by atoms with Crippen molar-refractivity contribution in [3.63, 3.8) is 0 Å². The standard InChI is InChI=1S/C11H10BrN5O/c12-9-5-15-10(6-14-9)16-11(18)7-1-3-8(17-13)4-2-7/h1-6,17H,13H2,(H,15,16,18). The van der Waals surface area contributed by atoms with Gasteiger partial charge in [0, 0.05) is 11.3 Å². The fourth-order valence-corrected chi connectivity index (χ4v) is 1.49. The number of nitrogens with zero attached hydrogens (tertiary/aromatic N) is 2. The van der Waals surface area contributed by atoms with Gasteiger partial charge in [0.25, 0.3) is 5.91 Å². The number of hydrogen-bond acceptors (Lipinski definition) is 5. The molecule has 1 aromatic heterocycles. The van der Waals surface area contributed by atoms with Crippen molar-refractivity contribution in [2.45, 2.75) is 0 Å². The van der Waals surface area contributed by atoms with Gasteiger partial charge in [0.15, 0.2) is 5.82 Å². The molecule has 0 bridgehead atoms. The van der Waals surface area contributed by atoms with Gasteiger partial charge in [0.1, 0.15) is 4.60 Å². The number of hydrogen-bond donors (Lipinski definition) is 3. The summed E-state index contributed by atoms with van der Waals surface area (Å²) in [7, 11) is 0. The number of hydrazine groups is 1. The van der Waals surface area contributed by atoms with Crippen molar-refractivity contribution >= 4 is 33.3 Å². The van der Waals surface area contributed by atoms with E-state index in [1.54, 1.807) is 24.3 Å². The number of carbonyl (C=O) groups is 1. The van der Waals surface area contributed by atoms with Crippen LogP contribution in [0.15, 0.2) is 41.3 Å². The normalized spacial score (nSPS) is 9.89. The lowest BCUT2D eigenvalue weighted by Gasteiger charge is -2.05. The van der Waals surface area contributed by atoms with Crippen molar-refractivity contribution in [2.24, 2.45) is 5.84 Å². The Morgan fingerprint density at radius 3 is 2.44 bits per heavy atom. The molecule has 92 valence electrons. The van der Waals surface area contributed by atoms with Gasteiger partial charge >= 0.3 is 0 Å². The molecule has 1 amide bonds. The summed E-state index contributed by atoms with van der Waals surface area (Å²) >= 11 is 3.17. The molecule has 0 fully saturated rings. The Bertz CT molecular complexity index is 540. The van der Waals surface area contributed by atoms with E-state index in [0.29, 0.717) is 16.0 Å². The predicted octanol–water partition coefficient (Wildman–Crippen LogP) is 1.78. The maximum absolute atomic E-state index is 11.9. The maximum atomic E-state index is 11.9. The summed E-state index contributed by atoms with van der Waals surface area (Å²) in [6, 6.07) is 6.75. The Hall–Kier alpha value is -1.99. The molecule has 4 N–H and O–H groups in total. The molecule has 0 unspecified atom stereocenters. The average Bonchev–Trinajstić information content (AvgIpc) is 2.41. The fourth-order valence-electron chi connectivity index (χ4n) is 1.28. The Morgan fingerprint density at radius 1 is 1.17 bits per heavy atom. The molecule has 0 aliphatic carbocycles. The van der Waals surface area contributed by atoms with Crippen LogP contribution in [0.4, 0.5) is 11.5 Å². The number of amides is 1. The SMILES string of the molecule is NNc1ccc(C(=O)Nc2cnc(Br)cn2)cc1. The van der Waals surface area contributed by atoms with Gasteiger partial charge in [-0.15, -0.1) is 0 Å². The van der Waals surface area contributed by atoms with Crippen molar-refractivity contribution in [3.05, 3.63) is 46.8 Å². The van der Waals surface area contributed by atoms with E-state index >= 15 is 0 Å². The quantitative estimate of drug-likeness (QED) is 0.593. The Morgan fingerprint density at radius 2 is 1.89 bits per heavy atom. The van der Waals surface area contributed by atoms with E-state index in [9.17, 15) is 4.79 Å². The van der Waals surface area contributed by atoms with Gasteiger partial charge in [-0.3, -0.25) is 10.6 Å². The number of nitrogens with one attached hydrogen (secondary N) is 2. The molecule has 0 aliphatic heterocycles. The molecule has 0 atom stereocenters. The third-order valence-corrected chi connectivity index (χ3v) is 2.59. The minimum Gasteiger partial charge on any atom is -0.324 e. The molecule has 1 heterocycles. The van der Waals surface area contributed by atoms with Crippen LogP contribution in [-0.4, -0.2) is 15.9 Å². The number of anilines is 2. The van der Waals surface area contributed by atoms with Crippen molar-refractivity contribution in [1.82, 2.24) is 9.97 Å². The van der Waals surface area contributed by atoms with E-state index in [4.69, 9.17) is 5.84 Å². The molecule has 7 heteroatoms. The lowest BCUT2D eigenvalue weighted by molar-refractivity contribution is 0.102. The highest BCUT2D eigenvalue weighted by molar-refractivity contribution is 9.10. The van der Waals surface area contributed by atoms with Crippen LogP contribution >= 0.6 is 15.9 Å². The molecule has 0 saturated heterocycles. The maximum Gasteiger partial charge on any atom is 0.256 e. The van der Waals surface area contributed by atoms with E-state index in [-0.39, 0.29) is 5.91 Å². The van der Waals surface area contributed by atoms with Crippen LogP contribution in [0.1, 0.15) is 10.4 Å². The van der Waals surface area contributed by atoms with E-state index in [1.165, 1.54) is 12.4 Å². The molecule has 2 rings (SSSR count). The van der Waals surface area contributed by atoms with Gasteiger partial charge in [-0.05, 0) is 40.2 Å². The zero-order valence-electron chi connectivity index (χ0n) is 9.22. The summed E-state index contributed by atoms with van der Waals surface area (Å²) < 4.78 is 0.610. The first-order chi connectivity index (χ1) is 8.69. The van der Waals surface area contributed by atoms with Gasteiger partial charge in [0.05, 0.1) is 12.4 Å². The highest BCUT2D eigenvalue weighted by Gasteiger charge is 2.06. The zero-order valence-corrected chi connectivity index (χ0v) is 10.8. The first-order valence-electron chi connectivity index (χ1n) is 5.04. The Balaban J connectivity index is 2.09. The molecular weight excluding hydrogens is 298 g/mol. The topological polar surface area (TPSA) is 92.9 Å². The molecule has 6 nitrogen and oxygen atoms in total. The first-order valence-corrected chi connectivity index (χ1v) is 5.84. The molecule has 0 radical (unpaired) electrons. The summed E-state index contributed by atoms with van der Waals surface area (Å²) in [4.78, 5) is 19.8. The second-order valence-electron chi connectivity index (χ2n) is 3.40. The molecule has 0 aliphatic rings. The van der Waals surface area contributed by atoms with Gasteiger partial charge in [-0.1, -0.05) is 0 Å². The van der Waals surface area contributed by atoms with Crippen LogP contribution in [0.2, 0.25) is 0 Å². The number of halogens is 1. The summed E-state index contributed by atoms with van der Waals surface area (Å²) in [6.45, 7) is 0. The molecule has 0 saturated carbocycles. The summed E-state index contributed by atoms with van der Waals surface area (Å²) in [5.41, 5.74) is 3.73. The molecule has 0 spiro atoms. The molecule has 18 heavy (non-hydrogen) atoms. The first kappa shape index (κ1) is 12.5. The van der Waals surface area contributed by atoms with Crippen LogP contribution in [0, 0.1) is 0 Å². The molecular formula is C11H10BrN5O. The smallest absolute Gasteiger partial charge is 0.256 e. The van der Waals surface area contributed by atoms with Gasteiger partial charge in [-0.25, -0.2) is 9.97 Å². The van der Waals surface area contributed by atoms with E-state index in [2.05, 4.69) is 36.6 Å². The lowest BCUT2D eigenvalue weighted by Crippen LogP contribution is -2.13. The number of nitrogens with two attached hydrogens (primary N) is 1. The highest BCUT2D eigenvalue weighted by Crippen LogP contribution is 2.11. The second kappa shape index (κ2) is 5.56. The highest BCUT2D eigenvalue weighted by atomic mass is 79.9. The number of aromatic nitrogens is 2. The number of nitrogen functional groups attached to an aromatic ring is 1. The lowest BCUT2D eigenvalue weighted by atomic mass is 10.2. The third kappa shape index (κ3) is 3.02. The van der Waals surface area contributed by atoms with Crippen molar-refractivity contribution in [1.29, 1.82) is 0 Å². The fraction of sp³-hybridized carbons (Fsp3) is 0. The van der Waals surface area contributed by atoms with Crippen LogP contribution in [0.25, 0.3) is 0 Å². The van der Waals surface area contributed by atoms with E-state index in [1.807, 2.05) is 0 Å². The van der Waals surface area contributed by atoms with Crippen LogP contribution in [-0.2, 0) is 0 Å². The molecule has 1 aromatic carbocycles. The zero-order chi connectivity index (χ0) is 13.0. The minimum absolute atomic E-state index is 0.254. The van der Waals surface area contributed by atoms with Gasteiger partial charge in [-0.2, -0.15) is 0 Å². The summed E-state index contributed by atoms with van der Waals surface area (Å²) in [6.07, 6.45) is 2.98. The van der Waals surface area contributed by atoms with Crippen molar-refractivity contribution in [3.8, 4) is 0 Å². The second-order valence-corrected chi connectivity index (χ2v) is 4.21. The predicted molar refractivity (Wildman–Crippen MR) is 71.9 cm³/mol. The van der Waals surface area contributed by atoms with Crippen LogP contribution in [0.3, 0.4) is 0 Å². The summed E-state index contributed by atoms with van der Waals surface area (Å²) in [5, 5.41) is 2.64. The van der Waals surface area contributed by atoms with E-state index < -0.39 is 0 Å². The van der Waals surface area contributed by atoms with Gasteiger partial charge in [0.2, 0.25) is 0 Å². The summed E-state index contributed by atoms with van der Waals surface area (Å²) in [5.74, 6) is 5.38.